The molecule has 36 heavy (non-hydrogen) atoms. The number of hydrogen-bond acceptors (Lipinski definition) is 5. The number of rotatable bonds is 1. The first-order valence-corrected chi connectivity index (χ1v) is 13.9. The van der Waals surface area contributed by atoms with Crippen LogP contribution in [0.4, 0.5) is 0 Å². The van der Waals surface area contributed by atoms with Crippen LogP contribution < -0.4 is 10.6 Å². The molecular formula is C29H38N2O5. The topological polar surface area (TPSA) is 108 Å². The van der Waals surface area contributed by atoms with Crippen molar-refractivity contribution >= 4 is 17.6 Å². The summed E-state index contributed by atoms with van der Waals surface area (Å²) < 4.78 is 6.40. The minimum atomic E-state index is -0.651. The van der Waals surface area contributed by atoms with Gasteiger partial charge in [0, 0.05) is 6.54 Å². The molecule has 0 aromatic carbocycles. The molecule has 3 aliphatic heterocycles. The average Bonchev–Trinajstić information content (AvgIpc) is 3.32. The van der Waals surface area contributed by atoms with Crippen molar-refractivity contribution in [1.29, 1.82) is 0 Å². The highest BCUT2D eigenvalue weighted by Crippen LogP contribution is 2.66. The summed E-state index contributed by atoms with van der Waals surface area (Å²) in [7, 11) is 0. The third-order valence-corrected chi connectivity index (χ3v) is 10.3. The summed E-state index contributed by atoms with van der Waals surface area (Å²) in [5.74, 6) is 3.03. The number of carbonyl (C=O) groups is 3. The van der Waals surface area contributed by atoms with Gasteiger partial charge in [0.05, 0.1) is 18.2 Å². The van der Waals surface area contributed by atoms with E-state index in [0.29, 0.717) is 67.1 Å². The van der Waals surface area contributed by atoms with Gasteiger partial charge in [0.2, 0.25) is 5.91 Å². The number of aliphatic hydroxyl groups is 1. The van der Waals surface area contributed by atoms with E-state index in [0.717, 1.165) is 18.8 Å². The fraction of sp³-hybridized carbons (Fsp3) is 0.690. The number of amides is 2. The van der Waals surface area contributed by atoms with Crippen LogP contribution in [-0.4, -0.2) is 47.5 Å². The molecule has 0 aromatic heterocycles. The Hall–Kier alpha value is -2.41. The van der Waals surface area contributed by atoms with E-state index in [1.807, 2.05) is 12.2 Å². The molecule has 6 aliphatic rings. The molecule has 11 unspecified atom stereocenters. The van der Waals surface area contributed by atoms with E-state index in [9.17, 15) is 19.5 Å². The fourth-order valence-corrected chi connectivity index (χ4v) is 8.82. The Bertz CT molecular complexity index is 1050. The smallest absolute Gasteiger partial charge is 0.259 e. The summed E-state index contributed by atoms with van der Waals surface area (Å²) in [6, 6.07) is -0.651. The quantitative estimate of drug-likeness (QED) is 0.383. The second kappa shape index (κ2) is 9.16. The highest BCUT2D eigenvalue weighted by molar-refractivity contribution is 6.27. The zero-order valence-electron chi connectivity index (χ0n) is 21.2. The number of allylic oxidation sites excluding steroid dienone is 3. The molecule has 7 nitrogen and oxygen atoms in total. The second-order valence-corrected chi connectivity index (χ2v) is 12.0. The van der Waals surface area contributed by atoms with Gasteiger partial charge in [0.1, 0.15) is 11.3 Å². The van der Waals surface area contributed by atoms with Gasteiger partial charge in [-0.3, -0.25) is 14.4 Å². The van der Waals surface area contributed by atoms with Crippen molar-refractivity contribution in [3.63, 3.8) is 0 Å². The molecule has 3 aliphatic carbocycles. The maximum absolute atomic E-state index is 12.8. The van der Waals surface area contributed by atoms with E-state index in [1.165, 1.54) is 12.8 Å². The van der Waals surface area contributed by atoms with E-state index in [4.69, 9.17) is 4.74 Å². The molecule has 0 spiro atoms. The lowest BCUT2D eigenvalue weighted by Gasteiger charge is -2.36. The van der Waals surface area contributed by atoms with Gasteiger partial charge < -0.3 is 20.5 Å². The number of aliphatic hydroxyl groups excluding tert-OH is 1. The molecule has 11 atom stereocenters. The Morgan fingerprint density at radius 2 is 1.83 bits per heavy atom. The Labute approximate surface area is 212 Å². The Morgan fingerprint density at radius 3 is 2.64 bits per heavy atom. The maximum Gasteiger partial charge on any atom is 0.259 e. The molecule has 2 amide bonds. The van der Waals surface area contributed by atoms with Gasteiger partial charge in [-0.15, -0.1) is 0 Å². The molecule has 3 N–H and O–H groups in total. The number of nitrogens with one attached hydrogen (secondary N) is 2. The van der Waals surface area contributed by atoms with Crippen molar-refractivity contribution in [2.75, 3.05) is 6.54 Å². The van der Waals surface area contributed by atoms with Crippen LogP contribution in [0.5, 0.6) is 0 Å². The Kier molecular flexibility index (Phi) is 6.09. The van der Waals surface area contributed by atoms with Gasteiger partial charge in [-0.1, -0.05) is 32.4 Å². The molecule has 2 bridgehead atoms. The molecule has 6 rings (SSSR count). The summed E-state index contributed by atoms with van der Waals surface area (Å²) in [5, 5.41) is 16.4. The minimum Gasteiger partial charge on any atom is -0.507 e. The zero-order chi connectivity index (χ0) is 25.1. The van der Waals surface area contributed by atoms with Gasteiger partial charge in [-0.2, -0.15) is 0 Å². The largest absolute Gasteiger partial charge is 0.507 e. The molecule has 3 heterocycles. The summed E-state index contributed by atoms with van der Waals surface area (Å²) >= 11 is 0. The van der Waals surface area contributed by atoms with Crippen molar-refractivity contribution in [3.05, 3.63) is 35.6 Å². The van der Waals surface area contributed by atoms with E-state index < -0.39 is 11.9 Å². The van der Waals surface area contributed by atoms with Crippen molar-refractivity contribution in [2.24, 2.45) is 47.3 Å². The van der Waals surface area contributed by atoms with E-state index in [1.54, 1.807) is 12.2 Å². The lowest BCUT2D eigenvalue weighted by Crippen LogP contribution is -2.39. The molecule has 0 aromatic rings. The number of carbonyl (C=O) groups excluding carboxylic acids is 3. The number of ether oxygens (including phenoxy) is 1. The van der Waals surface area contributed by atoms with Crippen molar-refractivity contribution in [3.8, 4) is 0 Å². The first-order valence-electron chi connectivity index (χ1n) is 13.9. The number of ketones is 1. The Morgan fingerprint density at radius 1 is 1.06 bits per heavy atom. The number of fused-ring (bicyclic) bond motifs is 10. The standard InChI is InChI=1S/C29H38N2O5/c1-3-16-14(2)12-18-19-13-15-9-10-21(32)25-26(34)20(31-29(25)35)7-5-11-30-22(33)8-4-6-17(15)24(19)28-27(36-28)23(16)18/h4,8-10,14-20,23-24,27-28,32H,3,5-7,11-13H2,1-2H3,(H,30,33)(H,31,35)/b8-4-,10-9+,25-21-. The summed E-state index contributed by atoms with van der Waals surface area (Å²) in [5.41, 5.74) is -0.139. The van der Waals surface area contributed by atoms with Crippen molar-refractivity contribution in [2.45, 2.75) is 70.6 Å². The fourth-order valence-electron chi connectivity index (χ4n) is 8.82. The van der Waals surface area contributed by atoms with Crippen LogP contribution in [0.25, 0.3) is 0 Å². The lowest BCUT2D eigenvalue weighted by molar-refractivity contribution is -0.118. The van der Waals surface area contributed by atoms with Crippen LogP contribution in [0.15, 0.2) is 35.6 Å². The highest BCUT2D eigenvalue weighted by atomic mass is 16.6. The highest BCUT2D eigenvalue weighted by Gasteiger charge is 2.67. The predicted octanol–water partition coefficient (Wildman–Crippen LogP) is 3.23. The van der Waals surface area contributed by atoms with Crippen LogP contribution in [0.2, 0.25) is 0 Å². The molecule has 5 fully saturated rings. The van der Waals surface area contributed by atoms with E-state index >= 15 is 0 Å². The van der Waals surface area contributed by atoms with E-state index in [-0.39, 0.29) is 28.9 Å². The van der Waals surface area contributed by atoms with Crippen molar-refractivity contribution in [1.82, 2.24) is 10.6 Å². The predicted molar refractivity (Wildman–Crippen MR) is 134 cm³/mol. The molecule has 7 heteroatoms. The first kappa shape index (κ1) is 24.0. The molecule has 3 saturated carbocycles. The number of Topliss-reactive ketones (excluding diaryl/α,β-unsaturated/α-hetero) is 1. The second-order valence-electron chi connectivity index (χ2n) is 12.0. The third-order valence-electron chi connectivity index (χ3n) is 10.3. The first-order chi connectivity index (χ1) is 17.4. The van der Waals surface area contributed by atoms with Gasteiger partial charge in [0.15, 0.2) is 5.78 Å². The van der Waals surface area contributed by atoms with Crippen LogP contribution in [0.1, 0.15) is 52.4 Å². The Balaban J connectivity index is 1.32. The van der Waals surface area contributed by atoms with Gasteiger partial charge >= 0.3 is 0 Å². The summed E-state index contributed by atoms with van der Waals surface area (Å²) in [6.45, 7) is 5.14. The van der Waals surface area contributed by atoms with Gasteiger partial charge in [-0.25, -0.2) is 0 Å². The van der Waals surface area contributed by atoms with Gasteiger partial charge in [-0.05, 0) is 91.6 Å². The number of epoxide rings is 1. The summed E-state index contributed by atoms with van der Waals surface area (Å²) in [6.07, 6.45) is 13.1. The summed E-state index contributed by atoms with van der Waals surface area (Å²) in [4.78, 5) is 37.7. The average molecular weight is 495 g/mol. The third kappa shape index (κ3) is 3.85. The lowest BCUT2D eigenvalue weighted by atomic mass is 9.65. The monoisotopic (exact) mass is 494 g/mol. The van der Waals surface area contributed by atoms with Crippen LogP contribution in [0, 0.1) is 47.3 Å². The molecular weight excluding hydrogens is 456 g/mol. The minimum absolute atomic E-state index is 0.122. The molecule has 2 saturated heterocycles. The zero-order valence-corrected chi connectivity index (χ0v) is 21.2. The SMILES string of the molecule is CCC1C(C)CC2C3CC4/C=C/C(O)=C5/C(=O)NC(CCCNC(=O)/C=C\CC4C3C3OC3C12)C5=O. The van der Waals surface area contributed by atoms with Gasteiger partial charge in [0.25, 0.3) is 5.91 Å². The normalized spacial score (nSPS) is 49.8. The van der Waals surface area contributed by atoms with E-state index in [2.05, 4.69) is 24.5 Å². The molecule has 194 valence electrons. The molecule has 0 radical (unpaired) electrons. The van der Waals surface area contributed by atoms with Crippen LogP contribution in [-0.2, 0) is 19.1 Å². The maximum atomic E-state index is 12.8. The van der Waals surface area contributed by atoms with Crippen molar-refractivity contribution < 1.29 is 24.2 Å². The van der Waals surface area contributed by atoms with Crippen LogP contribution in [0.3, 0.4) is 0 Å². The number of hydrogen-bond donors (Lipinski definition) is 3. The van der Waals surface area contributed by atoms with Crippen LogP contribution >= 0.6 is 0 Å².